The normalized spacial score (nSPS) is 18.5. The number of nitrogens with zero attached hydrogens (tertiary/aromatic N) is 2. The first-order valence-corrected chi connectivity index (χ1v) is 6.31. The first-order valence-electron chi connectivity index (χ1n) is 6.31. The van der Waals surface area contributed by atoms with Crippen LogP contribution in [0, 0.1) is 17.2 Å². The van der Waals surface area contributed by atoms with Gasteiger partial charge in [-0.05, 0) is 17.9 Å². The number of carbonyl (C=O) groups is 1. The van der Waals surface area contributed by atoms with Crippen molar-refractivity contribution in [1.29, 1.82) is 5.26 Å². The Balaban J connectivity index is 1.79. The lowest BCUT2D eigenvalue weighted by Gasteiger charge is -2.15. The molecule has 1 unspecified atom stereocenters. The van der Waals surface area contributed by atoms with Gasteiger partial charge in [-0.25, -0.2) is 4.79 Å². The van der Waals surface area contributed by atoms with E-state index in [1.807, 2.05) is 42.5 Å². The monoisotopic (exact) mass is 256 g/mol. The van der Waals surface area contributed by atoms with Crippen LogP contribution in [0.5, 0.6) is 0 Å². The second kappa shape index (κ2) is 6.60. The average Bonchev–Trinajstić information content (AvgIpc) is 2.92. The van der Waals surface area contributed by atoms with Crippen LogP contribution < -0.4 is 0 Å². The summed E-state index contributed by atoms with van der Waals surface area (Å²) < 4.78 is 5.26. The van der Waals surface area contributed by atoms with Crippen LogP contribution in [0.3, 0.4) is 0 Å². The zero-order valence-corrected chi connectivity index (χ0v) is 10.7. The van der Waals surface area contributed by atoms with Crippen LogP contribution in [0.15, 0.2) is 42.5 Å². The lowest BCUT2D eigenvalue weighted by molar-refractivity contribution is 0.103. The molecule has 1 fully saturated rings. The molecule has 1 heterocycles. The minimum absolute atomic E-state index is 0.268. The second-order valence-corrected chi connectivity index (χ2v) is 4.52. The van der Waals surface area contributed by atoms with E-state index in [-0.39, 0.29) is 12.0 Å². The summed E-state index contributed by atoms with van der Waals surface area (Å²) in [6.07, 6.45) is 3.93. The molecule has 0 radical (unpaired) electrons. The predicted molar refractivity (Wildman–Crippen MR) is 71.1 cm³/mol. The summed E-state index contributed by atoms with van der Waals surface area (Å²) >= 11 is 0. The van der Waals surface area contributed by atoms with Crippen LogP contribution in [0.2, 0.25) is 0 Å². The number of benzene rings is 1. The minimum atomic E-state index is -0.281. The molecule has 0 spiro atoms. The van der Waals surface area contributed by atoms with E-state index in [9.17, 15) is 4.79 Å². The van der Waals surface area contributed by atoms with Gasteiger partial charge in [-0.1, -0.05) is 36.4 Å². The Kier molecular flexibility index (Phi) is 4.57. The summed E-state index contributed by atoms with van der Waals surface area (Å²) in [6, 6.07) is 11.6. The number of nitriles is 1. The summed E-state index contributed by atoms with van der Waals surface area (Å²) in [6.45, 7) is 1.62. The van der Waals surface area contributed by atoms with Gasteiger partial charge in [-0.15, -0.1) is 0 Å². The van der Waals surface area contributed by atoms with Crippen LogP contribution in [0.4, 0.5) is 4.79 Å². The molecule has 1 amide bonds. The van der Waals surface area contributed by atoms with E-state index in [0.29, 0.717) is 19.7 Å². The zero-order valence-electron chi connectivity index (χ0n) is 10.7. The van der Waals surface area contributed by atoms with Gasteiger partial charge in [0.25, 0.3) is 0 Å². The lowest BCUT2D eigenvalue weighted by atomic mass is 10.1. The van der Waals surface area contributed by atoms with E-state index in [2.05, 4.69) is 0 Å². The summed E-state index contributed by atoms with van der Waals surface area (Å²) in [5.41, 5.74) is 0.982. The van der Waals surface area contributed by atoms with Crippen LogP contribution in [-0.2, 0) is 11.3 Å². The molecule has 98 valence electrons. The number of carbonyl (C=O) groups excluding carboxylic acids is 1. The Morgan fingerprint density at radius 1 is 1.47 bits per heavy atom. The van der Waals surface area contributed by atoms with Crippen molar-refractivity contribution >= 4 is 6.09 Å². The smallest absolute Gasteiger partial charge is 0.410 e. The molecule has 19 heavy (non-hydrogen) atoms. The Labute approximate surface area is 112 Å². The fourth-order valence-corrected chi connectivity index (χ4v) is 2.10. The van der Waals surface area contributed by atoms with Gasteiger partial charge in [0.1, 0.15) is 6.61 Å². The summed E-state index contributed by atoms with van der Waals surface area (Å²) in [5.74, 6) is 0.268. The Morgan fingerprint density at radius 3 is 3.00 bits per heavy atom. The molecule has 0 N–H and O–H groups in total. The van der Waals surface area contributed by atoms with Gasteiger partial charge in [0, 0.05) is 19.2 Å². The molecule has 0 aliphatic carbocycles. The van der Waals surface area contributed by atoms with Crippen molar-refractivity contribution in [2.75, 3.05) is 13.1 Å². The van der Waals surface area contributed by atoms with E-state index in [0.717, 1.165) is 12.0 Å². The third-order valence-electron chi connectivity index (χ3n) is 3.13. The summed E-state index contributed by atoms with van der Waals surface area (Å²) in [5, 5.41) is 8.47. The lowest BCUT2D eigenvalue weighted by Crippen LogP contribution is -2.29. The molecule has 4 nitrogen and oxygen atoms in total. The van der Waals surface area contributed by atoms with Gasteiger partial charge in [0.15, 0.2) is 0 Å². The molecule has 1 saturated heterocycles. The number of allylic oxidation sites excluding steroid dienone is 1. The van der Waals surface area contributed by atoms with Gasteiger partial charge in [-0.2, -0.15) is 5.26 Å². The molecule has 1 aromatic carbocycles. The van der Waals surface area contributed by atoms with Gasteiger partial charge >= 0.3 is 6.09 Å². The van der Waals surface area contributed by atoms with E-state index in [1.54, 1.807) is 4.90 Å². The third kappa shape index (κ3) is 3.85. The molecule has 1 aromatic rings. The molecule has 0 aromatic heterocycles. The molecule has 1 atom stereocenters. The molecule has 2 rings (SSSR count). The highest BCUT2D eigenvalue weighted by Gasteiger charge is 2.25. The summed E-state index contributed by atoms with van der Waals surface area (Å²) in [7, 11) is 0. The standard InChI is InChI=1S/C15H16N2O2/c16-9-4-7-13-8-10-17(11-13)15(18)19-12-14-5-2-1-3-6-14/h1-7,13H,8,10-12H2/b7-4-. The van der Waals surface area contributed by atoms with E-state index in [1.165, 1.54) is 6.08 Å². The van der Waals surface area contributed by atoms with Crippen molar-refractivity contribution < 1.29 is 9.53 Å². The maximum absolute atomic E-state index is 11.9. The molecular formula is C15H16N2O2. The Hall–Kier alpha value is -2.28. The molecule has 1 aliphatic rings. The summed E-state index contributed by atoms with van der Waals surface area (Å²) in [4.78, 5) is 13.5. The predicted octanol–water partition coefficient (Wildman–Crippen LogP) is 2.72. The minimum Gasteiger partial charge on any atom is -0.445 e. The fourth-order valence-electron chi connectivity index (χ4n) is 2.10. The Bertz CT molecular complexity index is 491. The van der Waals surface area contributed by atoms with Crippen LogP contribution in [0.25, 0.3) is 0 Å². The number of hydrogen-bond acceptors (Lipinski definition) is 3. The Morgan fingerprint density at radius 2 is 2.26 bits per heavy atom. The van der Waals surface area contributed by atoms with Crippen molar-refractivity contribution in [3.8, 4) is 6.07 Å². The van der Waals surface area contributed by atoms with Crippen molar-refractivity contribution in [3.05, 3.63) is 48.0 Å². The highest BCUT2D eigenvalue weighted by molar-refractivity contribution is 5.68. The molecule has 0 bridgehead atoms. The largest absolute Gasteiger partial charge is 0.445 e. The maximum Gasteiger partial charge on any atom is 0.410 e. The number of rotatable bonds is 3. The van der Waals surface area contributed by atoms with Crippen LogP contribution in [0.1, 0.15) is 12.0 Å². The quantitative estimate of drug-likeness (QED) is 0.781. The third-order valence-corrected chi connectivity index (χ3v) is 3.13. The van der Waals surface area contributed by atoms with Gasteiger partial charge < -0.3 is 9.64 Å². The molecule has 1 aliphatic heterocycles. The van der Waals surface area contributed by atoms with Gasteiger partial charge in [-0.3, -0.25) is 0 Å². The molecular weight excluding hydrogens is 240 g/mol. The number of hydrogen-bond donors (Lipinski definition) is 0. The van der Waals surface area contributed by atoms with Crippen LogP contribution >= 0.6 is 0 Å². The average molecular weight is 256 g/mol. The highest BCUT2D eigenvalue weighted by atomic mass is 16.6. The van der Waals surface area contributed by atoms with Gasteiger partial charge in [0.05, 0.1) is 6.07 Å². The van der Waals surface area contributed by atoms with Crippen LogP contribution in [-0.4, -0.2) is 24.1 Å². The van der Waals surface area contributed by atoms with E-state index in [4.69, 9.17) is 10.00 Å². The zero-order chi connectivity index (χ0) is 13.5. The van der Waals surface area contributed by atoms with Crippen molar-refractivity contribution in [2.45, 2.75) is 13.0 Å². The van der Waals surface area contributed by atoms with E-state index < -0.39 is 0 Å². The van der Waals surface area contributed by atoms with Gasteiger partial charge in [0.2, 0.25) is 0 Å². The first kappa shape index (κ1) is 13.2. The second-order valence-electron chi connectivity index (χ2n) is 4.52. The van der Waals surface area contributed by atoms with Crippen molar-refractivity contribution in [1.82, 2.24) is 4.90 Å². The highest BCUT2D eigenvalue weighted by Crippen LogP contribution is 2.18. The number of amides is 1. The molecule has 0 saturated carbocycles. The van der Waals surface area contributed by atoms with Crippen molar-refractivity contribution in [3.63, 3.8) is 0 Å². The SMILES string of the molecule is N#C/C=C\C1CCN(C(=O)OCc2ccccc2)C1. The topological polar surface area (TPSA) is 53.3 Å². The fraction of sp³-hybridized carbons (Fsp3) is 0.333. The first-order chi connectivity index (χ1) is 9.29. The maximum atomic E-state index is 11.9. The molecule has 4 heteroatoms. The number of ether oxygens (including phenoxy) is 1. The van der Waals surface area contributed by atoms with Crippen molar-refractivity contribution in [2.24, 2.45) is 5.92 Å². The number of likely N-dealkylation sites (tertiary alicyclic amines) is 1. The van der Waals surface area contributed by atoms with E-state index >= 15 is 0 Å².